The van der Waals surface area contributed by atoms with Gasteiger partial charge >= 0.3 is 18.3 Å². The van der Waals surface area contributed by atoms with Crippen LogP contribution < -0.4 is 4.74 Å². The molecule has 0 aliphatic rings. The van der Waals surface area contributed by atoms with E-state index in [1.165, 1.54) is 0 Å². The van der Waals surface area contributed by atoms with Gasteiger partial charge in [0, 0.05) is 4.47 Å². The quantitative estimate of drug-likeness (QED) is 0.822. The van der Waals surface area contributed by atoms with Crippen molar-refractivity contribution < 1.29 is 41.0 Å². The molecule has 0 aliphatic heterocycles. The number of carbonyl (C=O) groups is 1. The summed E-state index contributed by atoms with van der Waals surface area (Å²) in [6.45, 7) is 0. The average molecular weight is 367 g/mol. The van der Waals surface area contributed by atoms with Gasteiger partial charge in [0.05, 0.1) is 5.56 Å². The van der Waals surface area contributed by atoms with Crippen LogP contribution in [0.2, 0.25) is 0 Å². The molecule has 3 nitrogen and oxygen atoms in total. The van der Waals surface area contributed by atoms with E-state index in [0.29, 0.717) is 6.07 Å². The molecule has 0 saturated heterocycles. The van der Waals surface area contributed by atoms with Gasteiger partial charge in [-0.05, 0) is 18.2 Å². The summed E-state index contributed by atoms with van der Waals surface area (Å²) in [4.78, 5) is 10.7. The van der Waals surface area contributed by atoms with Crippen molar-refractivity contribution in [2.45, 2.75) is 18.5 Å². The number of benzene rings is 1. The summed E-state index contributed by atoms with van der Waals surface area (Å²) in [5, 5.41) is 8.67. The number of carboxylic acid groups (broad SMARTS) is 1. The lowest BCUT2D eigenvalue weighted by Gasteiger charge is -2.24. The second kappa shape index (κ2) is 5.51. The van der Waals surface area contributed by atoms with Crippen LogP contribution in [0.15, 0.2) is 22.7 Å². The second-order valence-electron chi connectivity index (χ2n) is 3.56. The minimum atomic E-state index is -5.68. The monoisotopic (exact) mass is 366 g/mol. The molecule has 1 aromatic rings. The topological polar surface area (TPSA) is 46.5 Å². The van der Waals surface area contributed by atoms with E-state index in [-0.39, 0.29) is 4.47 Å². The van der Waals surface area contributed by atoms with Crippen molar-refractivity contribution >= 4 is 21.9 Å². The second-order valence-corrected chi connectivity index (χ2v) is 4.48. The maximum Gasteiger partial charge on any atom is 0.434 e. The molecule has 1 N–H and O–H groups in total. The highest BCUT2D eigenvalue weighted by Gasteiger charge is 2.59. The summed E-state index contributed by atoms with van der Waals surface area (Å²) in [6, 6.07) is 2.37. The average Bonchev–Trinajstić information content (AvgIpc) is 2.22. The van der Waals surface area contributed by atoms with Gasteiger partial charge in [0.2, 0.25) is 0 Å². The highest BCUT2D eigenvalue weighted by Crippen LogP contribution is 2.37. The van der Waals surface area contributed by atoms with Gasteiger partial charge in [-0.1, -0.05) is 15.9 Å². The summed E-state index contributed by atoms with van der Waals surface area (Å²) in [5.41, 5.74) is -0.516. The van der Waals surface area contributed by atoms with Crippen molar-refractivity contribution in [2.24, 2.45) is 0 Å². The lowest BCUT2D eigenvalue weighted by molar-refractivity contribution is -0.299. The van der Waals surface area contributed by atoms with Gasteiger partial charge < -0.3 is 9.84 Å². The zero-order valence-corrected chi connectivity index (χ0v) is 10.8. The minimum absolute atomic E-state index is 0.0319. The van der Waals surface area contributed by atoms with Crippen LogP contribution in [0.3, 0.4) is 0 Å². The molecule has 112 valence electrons. The van der Waals surface area contributed by atoms with E-state index in [1.807, 2.05) is 0 Å². The SMILES string of the molecule is O=C(O)c1cc(Br)cc(OC(C(F)(F)F)C(F)(F)F)c1. The van der Waals surface area contributed by atoms with Crippen LogP contribution in [0, 0.1) is 0 Å². The Morgan fingerprint density at radius 1 is 1.10 bits per heavy atom. The number of rotatable bonds is 3. The Morgan fingerprint density at radius 3 is 2.00 bits per heavy atom. The Labute approximate surface area is 116 Å². The molecule has 0 atom stereocenters. The van der Waals surface area contributed by atoms with Crippen LogP contribution in [0.1, 0.15) is 10.4 Å². The molecule has 0 unspecified atom stereocenters. The highest BCUT2D eigenvalue weighted by molar-refractivity contribution is 9.10. The molecule has 0 radical (unpaired) electrons. The van der Waals surface area contributed by atoms with Crippen molar-refractivity contribution in [1.82, 2.24) is 0 Å². The fourth-order valence-corrected chi connectivity index (χ4v) is 1.68. The fraction of sp³-hybridized carbons (Fsp3) is 0.300. The first kappa shape index (κ1) is 16.6. The molecule has 20 heavy (non-hydrogen) atoms. The molecule has 0 amide bonds. The van der Waals surface area contributed by atoms with Crippen molar-refractivity contribution in [3.8, 4) is 5.75 Å². The van der Waals surface area contributed by atoms with E-state index < -0.39 is 35.7 Å². The largest absolute Gasteiger partial charge is 0.478 e. The summed E-state index contributed by atoms with van der Waals surface area (Å²) < 4.78 is 77.6. The molecular formula is C10H5BrF6O3. The van der Waals surface area contributed by atoms with Gasteiger partial charge in [-0.3, -0.25) is 0 Å². The molecule has 1 aromatic carbocycles. The highest BCUT2D eigenvalue weighted by atomic mass is 79.9. The summed E-state index contributed by atoms with van der Waals surface area (Å²) in [7, 11) is 0. The molecule has 0 aromatic heterocycles. The number of carboxylic acids is 1. The first-order valence-electron chi connectivity index (χ1n) is 4.75. The van der Waals surface area contributed by atoms with Gasteiger partial charge in [-0.15, -0.1) is 0 Å². The fourth-order valence-electron chi connectivity index (χ4n) is 1.21. The van der Waals surface area contributed by atoms with Crippen molar-refractivity contribution in [3.05, 3.63) is 28.2 Å². The molecule has 0 fully saturated rings. The van der Waals surface area contributed by atoms with Crippen LogP contribution >= 0.6 is 15.9 Å². The third kappa shape index (κ3) is 4.29. The third-order valence-electron chi connectivity index (χ3n) is 1.97. The van der Waals surface area contributed by atoms with Crippen LogP contribution in [0.4, 0.5) is 26.3 Å². The number of ether oxygens (including phenoxy) is 1. The van der Waals surface area contributed by atoms with Gasteiger partial charge in [0.15, 0.2) is 0 Å². The van der Waals surface area contributed by atoms with E-state index in [9.17, 15) is 31.1 Å². The Balaban J connectivity index is 3.15. The zero-order valence-electron chi connectivity index (χ0n) is 9.22. The lowest BCUT2D eigenvalue weighted by Crippen LogP contribution is -2.46. The summed E-state index contributed by atoms with van der Waals surface area (Å²) >= 11 is 2.77. The maximum absolute atomic E-state index is 12.3. The first-order chi connectivity index (χ1) is 8.91. The molecular weight excluding hydrogens is 362 g/mol. The molecule has 0 bridgehead atoms. The lowest BCUT2D eigenvalue weighted by atomic mass is 10.2. The number of halogens is 7. The molecule has 0 aliphatic carbocycles. The van der Waals surface area contributed by atoms with Crippen molar-refractivity contribution in [3.63, 3.8) is 0 Å². The number of hydrogen-bond donors (Lipinski definition) is 1. The van der Waals surface area contributed by atoms with Gasteiger partial charge in [-0.2, -0.15) is 26.3 Å². The summed E-state index contributed by atoms with van der Waals surface area (Å²) in [6.07, 6.45) is -15.4. The molecule has 10 heteroatoms. The van der Waals surface area contributed by atoms with Crippen LogP contribution in [-0.2, 0) is 0 Å². The maximum atomic E-state index is 12.3. The predicted octanol–water partition coefficient (Wildman–Crippen LogP) is 4.02. The van der Waals surface area contributed by atoms with Crippen LogP contribution in [0.5, 0.6) is 5.75 Å². The number of hydrogen-bond acceptors (Lipinski definition) is 2. The van der Waals surface area contributed by atoms with E-state index >= 15 is 0 Å². The Hall–Kier alpha value is -1.45. The van der Waals surface area contributed by atoms with E-state index in [0.717, 1.165) is 12.1 Å². The van der Waals surface area contributed by atoms with Crippen LogP contribution in [0.25, 0.3) is 0 Å². The Bertz CT molecular complexity index is 497. The van der Waals surface area contributed by atoms with Crippen molar-refractivity contribution in [2.75, 3.05) is 0 Å². The molecule has 1 rings (SSSR count). The Kier molecular flexibility index (Phi) is 4.57. The van der Waals surface area contributed by atoms with Gasteiger partial charge in [0.25, 0.3) is 6.10 Å². The standard InChI is InChI=1S/C10H5BrF6O3/c11-5-1-4(7(18)19)2-6(3-5)20-8(9(12,13)14)10(15,16)17/h1-3,8H,(H,18,19). The van der Waals surface area contributed by atoms with Crippen LogP contribution in [-0.4, -0.2) is 29.5 Å². The van der Waals surface area contributed by atoms with Gasteiger partial charge in [-0.25, -0.2) is 4.79 Å². The zero-order chi connectivity index (χ0) is 15.7. The third-order valence-corrected chi connectivity index (χ3v) is 2.42. The van der Waals surface area contributed by atoms with E-state index in [1.54, 1.807) is 0 Å². The van der Waals surface area contributed by atoms with Crippen molar-refractivity contribution in [1.29, 1.82) is 0 Å². The molecule has 0 saturated carbocycles. The summed E-state index contributed by atoms with van der Waals surface area (Å²) in [5.74, 6) is -2.39. The number of aromatic carboxylic acids is 1. The van der Waals surface area contributed by atoms with Gasteiger partial charge in [0.1, 0.15) is 5.75 Å². The normalized spacial score (nSPS) is 12.6. The van der Waals surface area contributed by atoms with E-state index in [2.05, 4.69) is 20.7 Å². The van der Waals surface area contributed by atoms with E-state index in [4.69, 9.17) is 5.11 Å². The first-order valence-corrected chi connectivity index (χ1v) is 5.54. The minimum Gasteiger partial charge on any atom is -0.478 e. The molecule has 0 heterocycles. The smallest absolute Gasteiger partial charge is 0.434 e. The Morgan fingerprint density at radius 2 is 1.60 bits per heavy atom. The molecule has 0 spiro atoms. The number of alkyl halides is 6. The predicted molar refractivity (Wildman–Crippen MR) is 57.6 cm³/mol.